The summed E-state index contributed by atoms with van der Waals surface area (Å²) < 4.78 is 5.29. The number of carbonyl (C=O) groups is 1. The van der Waals surface area contributed by atoms with E-state index in [2.05, 4.69) is 25.3 Å². The van der Waals surface area contributed by atoms with Gasteiger partial charge in [-0.1, -0.05) is 12.1 Å². The standard InChI is InChI=1S/C17H11N5O2/c23-16(11-3-5-18-6-4-11)22-17-20-8-13-2-1-12(7-14(13)21-17)15-9-19-10-24-15/h1-10H,(H,20,21,22,23). The molecule has 0 bridgehead atoms. The minimum Gasteiger partial charge on any atom is -0.444 e. The molecule has 0 saturated carbocycles. The molecule has 0 spiro atoms. The van der Waals surface area contributed by atoms with Crippen LogP contribution in [0.4, 0.5) is 5.95 Å². The molecule has 1 aromatic carbocycles. The van der Waals surface area contributed by atoms with E-state index in [0.717, 1.165) is 10.9 Å². The second-order valence-corrected chi connectivity index (χ2v) is 5.02. The molecule has 0 unspecified atom stereocenters. The molecule has 0 aliphatic heterocycles. The number of nitrogens with one attached hydrogen (secondary N) is 1. The fourth-order valence-electron chi connectivity index (χ4n) is 2.27. The average Bonchev–Trinajstić information content (AvgIpc) is 3.16. The van der Waals surface area contributed by atoms with Crippen molar-refractivity contribution in [2.75, 3.05) is 5.32 Å². The minimum atomic E-state index is -0.289. The summed E-state index contributed by atoms with van der Waals surface area (Å²) in [5.41, 5.74) is 2.04. The van der Waals surface area contributed by atoms with Crippen molar-refractivity contribution in [3.05, 3.63) is 67.1 Å². The molecule has 0 fully saturated rings. The fourth-order valence-corrected chi connectivity index (χ4v) is 2.27. The number of anilines is 1. The van der Waals surface area contributed by atoms with Gasteiger partial charge in [0.2, 0.25) is 5.95 Å². The fraction of sp³-hybridized carbons (Fsp3) is 0. The van der Waals surface area contributed by atoms with Gasteiger partial charge in [-0.2, -0.15) is 0 Å². The quantitative estimate of drug-likeness (QED) is 0.624. The van der Waals surface area contributed by atoms with Crippen LogP contribution in [-0.2, 0) is 0 Å². The average molecular weight is 317 g/mol. The van der Waals surface area contributed by atoms with Crippen LogP contribution in [-0.4, -0.2) is 25.8 Å². The van der Waals surface area contributed by atoms with Crippen LogP contribution in [0.5, 0.6) is 0 Å². The van der Waals surface area contributed by atoms with Crippen LogP contribution >= 0.6 is 0 Å². The van der Waals surface area contributed by atoms with E-state index in [1.165, 1.54) is 6.39 Å². The van der Waals surface area contributed by atoms with Gasteiger partial charge in [-0.25, -0.2) is 15.0 Å². The summed E-state index contributed by atoms with van der Waals surface area (Å²) in [6.07, 6.45) is 7.78. The first-order valence-electron chi connectivity index (χ1n) is 7.17. The lowest BCUT2D eigenvalue weighted by Gasteiger charge is -2.05. The highest BCUT2D eigenvalue weighted by molar-refractivity contribution is 6.03. The number of hydrogen-bond donors (Lipinski definition) is 1. The zero-order valence-electron chi connectivity index (χ0n) is 12.4. The van der Waals surface area contributed by atoms with Crippen LogP contribution in [0.25, 0.3) is 22.2 Å². The van der Waals surface area contributed by atoms with Gasteiger partial charge >= 0.3 is 0 Å². The highest BCUT2D eigenvalue weighted by Gasteiger charge is 2.09. The predicted molar refractivity (Wildman–Crippen MR) is 87.2 cm³/mol. The molecule has 7 heteroatoms. The molecule has 116 valence electrons. The van der Waals surface area contributed by atoms with Gasteiger partial charge in [-0.15, -0.1) is 0 Å². The number of hydrogen-bond acceptors (Lipinski definition) is 6. The topological polar surface area (TPSA) is 93.8 Å². The number of aromatic nitrogens is 4. The lowest BCUT2D eigenvalue weighted by molar-refractivity contribution is 0.102. The van der Waals surface area contributed by atoms with Crippen molar-refractivity contribution in [3.8, 4) is 11.3 Å². The molecule has 3 aromatic heterocycles. The van der Waals surface area contributed by atoms with Gasteiger partial charge in [0.05, 0.1) is 11.7 Å². The summed E-state index contributed by atoms with van der Waals surface area (Å²) in [4.78, 5) is 28.5. The largest absolute Gasteiger partial charge is 0.444 e. The number of benzene rings is 1. The van der Waals surface area contributed by atoms with Crippen molar-refractivity contribution in [2.45, 2.75) is 0 Å². The van der Waals surface area contributed by atoms with Crippen LogP contribution in [0.1, 0.15) is 10.4 Å². The van der Waals surface area contributed by atoms with Crippen LogP contribution in [0, 0.1) is 0 Å². The summed E-state index contributed by atoms with van der Waals surface area (Å²) >= 11 is 0. The summed E-state index contributed by atoms with van der Waals surface area (Å²) in [5, 5.41) is 3.54. The molecule has 3 heterocycles. The van der Waals surface area contributed by atoms with Crippen LogP contribution in [0.15, 0.2) is 65.9 Å². The third-order valence-corrected chi connectivity index (χ3v) is 3.47. The van der Waals surface area contributed by atoms with Crippen LogP contribution in [0.3, 0.4) is 0 Å². The lowest BCUT2D eigenvalue weighted by atomic mass is 10.1. The number of rotatable bonds is 3. The van der Waals surface area contributed by atoms with E-state index >= 15 is 0 Å². The van der Waals surface area contributed by atoms with E-state index in [0.29, 0.717) is 16.8 Å². The summed E-state index contributed by atoms with van der Waals surface area (Å²) in [7, 11) is 0. The van der Waals surface area contributed by atoms with Gasteiger partial charge in [-0.3, -0.25) is 15.1 Å². The Balaban J connectivity index is 1.66. The van der Waals surface area contributed by atoms with E-state index in [1.807, 2.05) is 18.2 Å². The van der Waals surface area contributed by atoms with E-state index in [9.17, 15) is 4.79 Å². The monoisotopic (exact) mass is 317 g/mol. The highest BCUT2D eigenvalue weighted by Crippen LogP contribution is 2.23. The van der Waals surface area contributed by atoms with Crippen molar-refractivity contribution >= 4 is 22.8 Å². The number of nitrogens with zero attached hydrogens (tertiary/aromatic N) is 4. The van der Waals surface area contributed by atoms with Crippen molar-refractivity contribution in [1.82, 2.24) is 19.9 Å². The Kier molecular flexibility index (Phi) is 3.43. The zero-order valence-corrected chi connectivity index (χ0v) is 12.4. The Bertz CT molecular complexity index is 1000. The lowest BCUT2D eigenvalue weighted by Crippen LogP contribution is -2.14. The number of oxazole rings is 1. The van der Waals surface area contributed by atoms with Gasteiger partial charge in [0.1, 0.15) is 0 Å². The third kappa shape index (κ3) is 2.70. The van der Waals surface area contributed by atoms with E-state index in [-0.39, 0.29) is 11.9 Å². The van der Waals surface area contributed by atoms with E-state index in [1.54, 1.807) is 36.9 Å². The Morgan fingerprint density at radius 3 is 2.71 bits per heavy atom. The number of amides is 1. The van der Waals surface area contributed by atoms with Crippen molar-refractivity contribution in [1.29, 1.82) is 0 Å². The Hall–Kier alpha value is -3.61. The van der Waals surface area contributed by atoms with Gasteiger partial charge in [0.25, 0.3) is 5.91 Å². The second-order valence-electron chi connectivity index (χ2n) is 5.02. The Morgan fingerprint density at radius 1 is 1.04 bits per heavy atom. The summed E-state index contributed by atoms with van der Waals surface area (Å²) in [6.45, 7) is 0. The molecule has 0 saturated heterocycles. The SMILES string of the molecule is O=C(Nc1ncc2ccc(-c3cnco3)cc2n1)c1ccncc1. The highest BCUT2D eigenvalue weighted by atomic mass is 16.3. The van der Waals surface area contributed by atoms with Gasteiger partial charge < -0.3 is 4.42 Å². The Labute approximate surface area is 136 Å². The molecule has 0 aliphatic carbocycles. The van der Waals surface area contributed by atoms with Crippen molar-refractivity contribution in [3.63, 3.8) is 0 Å². The summed E-state index contributed by atoms with van der Waals surface area (Å²) in [5.74, 6) is 0.597. The predicted octanol–water partition coefficient (Wildman–Crippen LogP) is 2.93. The number of fused-ring (bicyclic) bond motifs is 1. The first-order valence-corrected chi connectivity index (χ1v) is 7.17. The number of pyridine rings is 1. The minimum absolute atomic E-state index is 0.235. The maximum Gasteiger partial charge on any atom is 0.258 e. The van der Waals surface area contributed by atoms with Gasteiger partial charge in [-0.05, 0) is 18.2 Å². The molecule has 0 radical (unpaired) electrons. The molecular formula is C17H11N5O2. The number of carbonyl (C=O) groups excluding carboxylic acids is 1. The Morgan fingerprint density at radius 2 is 1.92 bits per heavy atom. The van der Waals surface area contributed by atoms with Crippen molar-refractivity contribution in [2.24, 2.45) is 0 Å². The molecular weight excluding hydrogens is 306 g/mol. The maximum absolute atomic E-state index is 12.2. The summed E-state index contributed by atoms with van der Waals surface area (Å²) in [6, 6.07) is 8.90. The molecule has 7 nitrogen and oxygen atoms in total. The molecule has 1 amide bonds. The molecule has 1 N–H and O–H groups in total. The smallest absolute Gasteiger partial charge is 0.258 e. The maximum atomic E-state index is 12.2. The molecule has 4 rings (SSSR count). The van der Waals surface area contributed by atoms with Gasteiger partial charge in [0, 0.05) is 35.1 Å². The van der Waals surface area contributed by atoms with Gasteiger partial charge in [0.15, 0.2) is 12.2 Å². The third-order valence-electron chi connectivity index (χ3n) is 3.47. The second kappa shape index (κ2) is 5.88. The van der Waals surface area contributed by atoms with Crippen molar-refractivity contribution < 1.29 is 9.21 Å². The first kappa shape index (κ1) is 14.0. The first-order chi connectivity index (χ1) is 11.8. The molecule has 0 aliphatic rings. The van der Waals surface area contributed by atoms with Crippen LogP contribution < -0.4 is 5.32 Å². The molecule has 4 aromatic rings. The zero-order chi connectivity index (χ0) is 16.4. The van der Waals surface area contributed by atoms with Crippen LogP contribution in [0.2, 0.25) is 0 Å². The normalized spacial score (nSPS) is 10.7. The van der Waals surface area contributed by atoms with E-state index < -0.39 is 0 Å². The molecule has 24 heavy (non-hydrogen) atoms. The molecule has 0 atom stereocenters. The van der Waals surface area contributed by atoms with E-state index in [4.69, 9.17) is 4.42 Å².